The first kappa shape index (κ1) is 13.5. The topological polar surface area (TPSA) is 55.8 Å². The first-order chi connectivity index (χ1) is 8.00. The van der Waals surface area contributed by atoms with Crippen LogP contribution in [-0.2, 0) is 4.74 Å². The summed E-state index contributed by atoms with van der Waals surface area (Å²) in [6.45, 7) is 6.52. The summed E-state index contributed by atoms with van der Waals surface area (Å²) in [5.74, 6) is -0.594. The van der Waals surface area contributed by atoms with Gasteiger partial charge in [-0.1, -0.05) is 11.6 Å². The van der Waals surface area contributed by atoms with Gasteiger partial charge in [-0.2, -0.15) is 0 Å². The Kier molecular flexibility index (Phi) is 4.97. The van der Waals surface area contributed by atoms with Gasteiger partial charge < -0.3 is 14.6 Å². The largest absolute Gasteiger partial charge is 0.490 e. The summed E-state index contributed by atoms with van der Waals surface area (Å²) in [7, 11) is 0. The lowest BCUT2D eigenvalue weighted by Crippen LogP contribution is -2.12. The molecule has 1 aromatic carbocycles. The van der Waals surface area contributed by atoms with E-state index >= 15 is 0 Å². The molecule has 0 saturated heterocycles. The van der Waals surface area contributed by atoms with Crippen molar-refractivity contribution in [3.8, 4) is 5.75 Å². The van der Waals surface area contributed by atoms with Gasteiger partial charge in [-0.25, -0.2) is 4.79 Å². The summed E-state index contributed by atoms with van der Waals surface area (Å²) in [4.78, 5) is 11.0. The van der Waals surface area contributed by atoms with E-state index in [2.05, 4.69) is 0 Å². The van der Waals surface area contributed by atoms with Crippen LogP contribution in [0.1, 0.15) is 29.8 Å². The number of aromatic carboxylic acids is 1. The number of benzene rings is 1. The molecule has 0 aromatic heterocycles. The molecule has 0 aliphatic carbocycles. The molecule has 0 amide bonds. The van der Waals surface area contributed by atoms with Gasteiger partial charge in [0.05, 0.1) is 12.7 Å². The molecule has 4 nitrogen and oxygen atoms in total. The monoisotopic (exact) mass is 238 g/mol. The van der Waals surface area contributed by atoms with E-state index in [0.29, 0.717) is 19.0 Å². The number of carbonyl (C=O) groups is 1. The summed E-state index contributed by atoms with van der Waals surface area (Å²) in [5.41, 5.74) is 1.09. The summed E-state index contributed by atoms with van der Waals surface area (Å²) in [6, 6.07) is 5.10. The Balaban J connectivity index is 2.61. The van der Waals surface area contributed by atoms with Gasteiger partial charge in [0.2, 0.25) is 0 Å². The summed E-state index contributed by atoms with van der Waals surface area (Å²) >= 11 is 0. The van der Waals surface area contributed by atoms with Crippen molar-refractivity contribution >= 4 is 5.97 Å². The number of hydrogen-bond acceptors (Lipinski definition) is 3. The molecule has 0 fully saturated rings. The zero-order chi connectivity index (χ0) is 12.8. The van der Waals surface area contributed by atoms with Gasteiger partial charge in [0.25, 0.3) is 0 Å². The van der Waals surface area contributed by atoms with E-state index in [1.807, 2.05) is 26.8 Å². The fourth-order valence-corrected chi connectivity index (χ4v) is 1.37. The molecule has 0 spiro atoms. The molecular formula is C13H18O4. The van der Waals surface area contributed by atoms with Crippen LogP contribution in [0.5, 0.6) is 5.75 Å². The van der Waals surface area contributed by atoms with Crippen LogP contribution in [0.15, 0.2) is 18.2 Å². The molecule has 17 heavy (non-hydrogen) atoms. The maximum absolute atomic E-state index is 11.0. The van der Waals surface area contributed by atoms with Gasteiger partial charge in [-0.3, -0.25) is 0 Å². The number of hydrogen-bond donors (Lipinski definition) is 1. The van der Waals surface area contributed by atoms with Crippen molar-refractivity contribution < 1.29 is 19.4 Å². The second-order valence-corrected chi connectivity index (χ2v) is 4.07. The highest BCUT2D eigenvalue weighted by Gasteiger charge is 2.11. The molecule has 1 rings (SSSR count). The average molecular weight is 238 g/mol. The van der Waals surface area contributed by atoms with Gasteiger partial charge in [-0.15, -0.1) is 0 Å². The lowest BCUT2D eigenvalue weighted by atomic mass is 10.1. The molecular weight excluding hydrogens is 220 g/mol. The SMILES string of the molecule is Cc1ccc(OCCOC(C)C)c(C(=O)O)c1. The van der Waals surface area contributed by atoms with Crippen LogP contribution in [0, 0.1) is 6.92 Å². The molecule has 0 heterocycles. The summed E-state index contributed by atoms with van der Waals surface area (Å²) in [6.07, 6.45) is 0.149. The number of aryl methyl sites for hydroxylation is 1. The highest BCUT2D eigenvalue weighted by atomic mass is 16.5. The molecule has 0 radical (unpaired) electrons. The van der Waals surface area contributed by atoms with E-state index < -0.39 is 5.97 Å². The highest BCUT2D eigenvalue weighted by molar-refractivity contribution is 5.91. The second-order valence-electron chi connectivity index (χ2n) is 4.07. The van der Waals surface area contributed by atoms with Crippen LogP contribution in [0.2, 0.25) is 0 Å². The Bertz CT molecular complexity index is 385. The summed E-state index contributed by atoms with van der Waals surface area (Å²) < 4.78 is 10.7. The Labute approximate surface area is 101 Å². The van der Waals surface area contributed by atoms with Crippen molar-refractivity contribution in [3.05, 3.63) is 29.3 Å². The maximum Gasteiger partial charge on any atom is 0.339 e. The van der Waals surface area contributed by atoms with E-state index in [0.717, 1.165) is 5.56 Å². The number of rotatable bonds is 6. The number of carboxylic acid groups (broad SMARTS) is 1. The Morgan fingerprint density at radius 1 is 1.35 bits per heavy atom. The van der Waals surface area contributed by atoms with Crippen LogP contribution >= 0.6 is 0 Å². The molecule has 1 aromatic rings. The van der Waals surface area contributed by atoms with Crippen LogP contribution in [0.25, 0.3) is 0 Å². The Morgan fingerprint density at radius 2 is 2.06 bits per heavy atom. The zero-order valence-electron chi connectivity index (χ0n) is 10.4. The highest BCUT2D eigenvalue weighted by Crippen LogP contribution is 2.19. The quantitative estimate of drug-likeness (QED) is 0.774. The minimum atomic E-state index is -0.978. The average Bonchev–Trinajstić information content (AvgIpc) is 2.25. The van der Waals surface area contributed by atoms with Crippen LogP contribution in [0.4, 0.5) is 0 Å². The Hall–Kier alpha value is -1.55. The van der Waals surface area contributed by atoms with E-state index in [1.54, 1.807) is 12.1 Å². The van der Waals surface area contributed by atoms with Crippen LogP contribution < -0.4 is 4.74 Å². The smallest absolute Gasteiger partial charge is 0.339 e. The van der Waals surface area contributed by atoms with E-state index in [9.17, 15) is 4.79 Å². The zero-order valence-corrected chi connectivity index (χ0v) is 10.4. The van der Waals surface area contributed by atoms with E-state index in [-0.39, 0.29) is 11.7 Å². The summed E-state index contributed by atoms with van der Waals surface area (Å²) in [5, 5.41) is 9.02. The van der Waals surface area contributed by atoms with Crippen molar-refractivity contribution in [3.63, 3.8) is 0 Å². The predicted molar refractivity (Wildman–Crippen MR) is 64.7 cm³/mol. The first-order valence-corrected chi connectivity index (χ1v) is 5.59. The third-order valence-electron chi connectivity index (χ3n) is 2.16. The van der Waals surface area contributed by atoms with Gasteiger partial charge >= 0.3 is 5.97 Å². The molecule has 0 aliphatic rings. The second kappa shape index (κ2) is 6.25. The minimum Gasteiger partial charge on any atom is -0.490 e. The third kappa shape index (κ3) is 4.44. The lowest BCUT2D eigenvalue weighted by molar-refractivity contribution is 0.0538. The van der Waals surface area contributed by atoms with E-state index in [1.165, 1.54) is 0 Å². The predicted octanol–water partition coefficient (Wildman–Crippen LogP) is 2.50. The minimum absolute atomic E-state index is 0.149. The lowest BCUT2D eigenvalue weighted by Gasteiger charge is -2.11. The molecule has 0 saturated carbocycles. The van der Waals surface area contributed by atoms with Gasteiger partial charge in [0, 0.05) is 0 Å². The van der Waals surface area contributed by atoms with Crippen molar-refractivity contribution in [2.24, 2.45) is 0 Å². The van der Waals surface area contributed by atoms with E-state index in [4.69, 9.17) is 14.6 Å². The fraction of sp³-hybridized carbons (Fsp3) is 0.462. The van der Waals surface area contributed by atoms with Crippen molar-refractivity contribution in [1.82, 2.24) is 0 Å². The molecule has 94 valence electrons. The fourth-order valence-electron chi connectivity index (χ4n) is 1.37. The Morgan fingerprint density at radius 3 is 2.65 bits per heavy atom. The molecule has 0 unspecified atom stereocenters. The van der Waals surface area contributed by atoms with Crippen molar-refractivity contribution in [1.29, 1.82) is 0 Å². The maximum atomic E-state index is 11.0. The van der Waals surface area contributed by atoms with Gasteiger partial charge in [0.15, 0.2) is 0 Å². The van der Waals surface area contributed by atoms with Crippen LogP contribution in [-0.4, -0.2) is 30.4 Å². The normalized spacial score (nSPS) is 10.6. The first-order valence-electron chi connectivity index (χ1n) is 5.59. The molecule has 4 heteroatoms. The van der Waals surface area contributed by atoms with Crippen LogP contribution in [0.3, 0.4) is 0 Å². The van der Waals surface area contributed by atoms with Gasteiger partial charge in [-0.05, 0) is 32.9 Å². The molecule has 1 N–H and O–H groups in total. The van der Waals surface area contributed by atoms with Gasteiger partial charge in [0.1, 0.15) is 17.9 Å². The third-order valence-corrected chi connectivity index (χ3v) is 2.16. The number of carboxylic acids is 1. The molecule has 0 aliphatic heterocycles. The standard InChI is InChI=1S/C13H18O4/c1-9(2)16-6-7-17-12-5-4-10(3)8-11(12)13(14)15/h4-5,8-9H,6-7H2,1-3H3,(H,14,15). The molecule has 0 bridgehead atoms. The van der Waals surface area contributed by atoms with Crippen molar-refractivity contribution in [2.45, 2.75) is 26.9 Å². The molecule has 0 atom stereocenters. The van der Waals surface area contributed by atoms with Crippen molar-refractivity contribution in [2.75, 3.05) is 13.2 Å². The number of ether oxygens (including phenoxy) is 2.